The molecule has 0 saturated heterocycles. The van der Waals surface area contributed by atoms with Gasteiger partial charge in [0, 0.05) is 12.1 Å². The average molecular weight is 423 g/mol. The van der Waals surface area contributed by atoms with E-state index in [2.05, 4.69) is 0 Å². The first-order valence-corrected chi connectivity index (χ1v) is 10.1. The molecule has 1 heterocycles. The maximum absolute atomic E-state index is 13.0. The third-order valence-corrected chi connectivity index (χ3v) is 4.94. The van der Waals surface area contributed by atoms with Gasteiger partial charge in [0.05, 0.1) is 23.8 Å². The fraction of sp³-hybridized carbons (Fsp3) is 0.292. The molecule has 1 atom stereocenters. The zero-order chi connectivity index (χ0) is 22.7. The van der Waals surface area contributed by atoms with Crippen LogP contribution in [0.3, 0.4) is 0 Å². The summed E-state index contributed by atoms with van der Waals surface area (Å²) >= 11 is 0. The van der Waals surface area contributed by atoms with E-state index in [-0.39, 0.29) is 36.1 Å². The molecular formula is C24H25NO6. The van der Waals surface area contributed by atoms with Gasteiger partial charge in [-0.25, -0.2) is 4.79 Å². The van der Waals surface area contributed by atoms with Crippen molar-refractivity contribution in [2.75, 3.05) is 11.5 Å². The maximum Gasteiger partial charge on any atom is 0.338 e. The summed E-state index contributed by atoms with van der Waals surface area (Å²) in [6.07, 6.45) is 0.164. The van der Waals surface area contributed by atoms with Gasteiger partial charge in [-0.2, -0.15) is 0 Å². The van der Waals surface area contributed by atoms with Gasteiger partial charge in [-0.3, -0.25) is 14.5 Å². The average Bonchev–Trinajstić information content (AvgIpc) is 2.99. The van der Waals surface area contributed by atoms with Gasteiger partial charge in [-0.1, -0.05) is 26.0 Å². The number of phenolic OH excluding ortho intramolecular Hbond substituents is 1. The number of benzene rings is 2. The van der Waals surface area contributed by atoms with Gasteiger partial charge in [-0.15, -0.1) is 0 Å². The van der Waals surface area contributed by atoms with Crippen LogP contribution in [-0.2, 0) is 14.3 Å². The van der Waals surface area contributed by atoms with Crippen molar-refractivity contribution in [2.24, 2.45) is 5.92 Å². The molecule has 1 amide bonds. The monoisotopic (exact) mass is 423 g/mol. The lowest BCUT2D eigenvalue weighted by Crippen LogP contribution is -2.31. The van der Waals surface area contributed by atoms with E-state index >= 15 is 0 Å². The Morgan fingerprint density at radius 2 is 1.77 bits per heavy atom. The Morgan fingerprint density at radius 1 is 1.10 bits per heavy atom. The zero-order valence-corrected chi connectivity index (χ0v) is 17.7. The van der Waals surface area contributed by atoms with Crippen LogP contribution in [-0.4, -0.2) is 34.5 Å². The molecule has 2 aromatic rings. The lowest BCUT2D eigenvalue weighted by atomic mass is 9.92. The quantitative estimate of drug-likeness (QED) is 0.650. The van der Waals surface area contributed by atoms with E-state index in [1.807, 2.05) is 13.8 Å². The molecule has 0 radical (unpaired) electrons. The van der Waals surface area contributed by atoms with E-state index in [0.29, 0.717) is 16.8 Å². The number of phenols is 1. The number of esters is 1. The number of nitrogens with zero attached hydrogens (tertiary/aromatic N) is 1. The predicted molar refractivity (Wildman–Crippen MR) is 115 cm³/mol. The number of aromatic hydroxyl groups is 1. The van der Waals surface area contributed by atoms with E-state index in [1.165, 1.54) is 29.2 Å². The van der Waals surface area contributed by atoms with Gasteiger partial charge < -0.3 is 14.9 Å². The minimum Gasteiger partial charge on any atom is -0.508 e. The first-order chi connectivity index (χ1) is 14.7. The number of ketones is 1. The normalized spacial score (nSPS) is 16.2. The van der Waals surface area contributed by atoms with E-state index < -0.39 is 23.7 Å². The van der Waals surface area contributed by atoms with Gasteiger partial charge in [-0.05, 0) is 54.8 Å². The van der Waals surface area contributed by atoms with E-state index in [1.54, 1.807) is 31.2 Å². The van der Waals surface area contributed by atoms with Crippen LogP contribution in [0, 0.1) is 5.92 Å². The maximum atomic E-state index is 13.0. The fourth-order valence-electron chi connectivity index (χ4n) is 3.62. The van der Waals surface area contributed by atoms with Crippen LogP contribution in [0.15, 0.2) is 59.9 Å². The van der Waals surface area contributed by atoms with Crippen LogP contribution in [0.5, 0.6) is 5.75 Å². The molecule has 2 aromatic carbocycles. The first-order valence-electron chi connectivity index (χ1n) is 10.1. The first kappa shape index (κ1) is 22.1. The van der Waals surface area contributed by atoms with Gasteiger partial charge in [0.25, 0.3) is 5.91 Å². The predicted octanol–water partition coefficient (Wildman–Crippen LogP) is 4.08. The number of amides is 1. The molecule has 0 aromatic heterocycles. The number of anilines is 1. The van der Waals surface area contributed by atoms with Crippen molar-refractivity contribution in [3.05, 3.63) is 71.0 Å². The largest absolute Gasteiger partial charge is 0.508 e. The number of rotatable bonds is 7. The fourth-order valence-corrected chi connectivity index (χ4v) is 3.62. The number of carbonyl (C=O) groups is 3. The molecule has 0 spiro atoms. The summed E-state index contributed by atoms with van der Waals surface area (Å²) in [7, 11) is 0. The highest BCUT2D eigenvalue weighted by Crippen LogP contribution is 2.42. The summed E-state index contributed by atoms with van der Waals surface area (Å²) in [6.45, 7) is 5.70. The molecule has 1 unspecified atom stereocenters. The van der Waals surface area contributed by atoms with E-state index in [0.717, 1.165) is 0 Å². The molecule has 7 nitrogen and oxygen atoms in total. The molecule has 162 valence electrons. The smallest absolute Gasteiger partial charge is 0.338 e. The number of carbonyl (C=O) groups excluding carboxylic acids is 3. The molecule has 7 heteroatoms. The molecular weight excluding hydrogens is 398 g/mol. The van der Waals surface area contributed by atoms with Gasteiger partial charge in [0.1, 0.15) is 5.75 Å². The molecule has 1 aliphatic rings. The van der Waals surface area contributed by atoms with Crippen molar-refractivity contribution in [2.45, 2.75) is 33.2 Å². The highest BCUT2D eigenvalue weighted by atomic mass is 16.5. The Bertz CT molecular complexity index is 1040. The van der Waals surface area contributed by atoms with Crippen LogP contribution in [0.4, 0.5) is 5.69 Å². The summed E-state index contributed by atoms with van der Waals surface area (Å²) in [6, 6.07) is 11.5. The summed E-state index contributed by atoms with van der Waals surface area (Å²) in [5, 5.41) is 20.6. The van der Waals surface area contributed by atoms with Crippen molar-refractivity contribution in [1.82, 2.24) is 0 Å². The van der Waals surface area contributed by atoms with Gasteiger partial charge >= 0.3 is 5.97 Å². The van der Waals surface area contributed by atoms with Gasteiger partial charge in [0.2, 0.25) is 0 Å². The zero-order valence-electron chi connectivity index (χ0n) is 17.7. The van der Waals surface area contributed by atoms with Crippen molar-refractivity contribution in [3.63, 3.8) is 0 Å². The van der Waals surface area contributed by atoms with Crippen molar-refractivity contribution < 1.29 is 29.3 Å². The summed E-state index contributed by atoms with van der Waals surface area (Å²) < 4.78 is 4.98. The lowest BCUT2D eigenvalue weighted by molar-refractivity contribution is -0.118. The molecule has 0 fully saturated rings. The number of hydrogen-bond acceptors (Lipinski definition) is 6. The van der Waals surface area contributed by atoms with Gasteiger partial charge in [0.15, 0.2) is 11.5 Å². The molecule has 0 bridgehead atoms. The third-order valence-electron chi connectivity index (χ3n) is 4.94. The van der Waals surface area contributed by atoms with Crippen LogP contribution in [0.25, 0.3) is 0 Å². The molecule has 1 aliphatic heterocycles. The topological polar surface area (TPSA) is 104 Å². The second-order valence-corrected chi connectivity index (χ2v) is 7.72. The van der Waals surface area contributed by atoms with Crippen molar-refractivity contribution >= 4 is 23.3 Å². The number of hydrogen-bond donors (Lipinski definition) is 2. The SMILES string of the molecule is CCOC(=O)c1ccc(N2C(=O)C(O)=C(C(=O)CC(C)C)C2c2cccc(O)c2)cc1. The standard InChI is InChI=1S/C24H25NO6/c1-4-31-24(30)15-8-10-17(11-9-15)25-21(16-6-5-7-18(26)13-16)20(22(28)23(25)29)19(27)12-14(2)3/h5-11,13-14,21,26,28H,4,12H2,1-3H3. The van der Waals surface area contributed by atoms with Crippen molar-refractivity contribution in [3.8, 4) is 5.75 Å². The second-order valence-electron chi connectivity index (χ2n) is 7.72. The summed E-state index contributed by atoms with van der Waals surface area (Å²) in [5.41, 5.74) is 1.20. The number of aliphatic hydroxyl groups is 1. The molecule has 0 saturated carbocycles. The summed E-state index contributed by atoms with van der Waals surface area (Å²) in [5.74, 6) is -2.13. The third kappa shape index (κ3) is 4.45. The van der Waals surface area contributed by atoms with Crippen LogP contribution >= 0.6 is 0 Å². The van der Waals surface area contributed by atoms with E-state index in [9.17, 15) is 24.6 Å². The number of aliphatic hydroxyl groups excluding tert-OH is 1. The Labute approximate surface area is 180 Å². The Morgan fingerprint density at radius 3 is 2.35 bits per heavy atom. The Kier molecular flexibility index (Phi) is 6.44. The minimum absolute atomic E-state index is 0.00114. The summed E-state index contributed by atoms with van der Waals surface area (Å²) in [4.78, 5) is 39.2. The molecule has 31 heavy (non-hydrogen) atoms. The highest BCUT2D eigenvalue weighted by molar-refractivity contribution is 6.16. The minimum atomic E-state index is -0.903. The number of ether oxygens (including phenoxy) is 1. The number of Topliss-reactive ketones (excluding diaryl/α,β-unsaturated/α-hetero) is 1. The lowest BCUT2D eigenvalue weighted by Gasteiger charge is -2.27. The van der Waals surface area contributed by atoms with Crippen LogP contribution in [0.2, 0.25) is 0 Å². The van der Waals surface area contributed by atoms with Crippen LogP contribution in [0.1, 0.15) is 49.2 Å². The molecule has 3 rings (SSSR count). The Balaban J connectivity index is 2.07. The molecule has 0 aliphatic carbocycles. The van der Waals surface area contributed by atoms with Crippen LogP contribution < -0.4 is 4.90 Å². The van der Waals surface area contributed by atoms with E-state index in [4.69, 9.17) is 4.74 Å². The second kappa shape index (κ2) is 9.04. The molecule has 2 N–H and O–H groups in total. The highest BCUT2D eigenvalue weighted by Gasteiger charge is 2.44. The Hall–Kier alpha value is -3.61. The van der Waals surface area contributed by atoms with Crippen molar-refractivity contribution in [1.29, 1.82) is 0 Å².